The van der Waals surface area contributed by atoms with E-state index in [0.29, 0.717) is 12.4 Å². The van der Waals surface area contributed by atoms with Gasteiger partial charge in [-0.1, -0.05) is 87.3 Å². The molecule has 0 aliphatic heterocycles. The third-order valence-electron chi connectivity index (χ3n) is 5.01. The van der Waals surface area contributed by atoms with E-state index in [0.717, 1.165) is 50.7 Å². The van der Waals surface area contributed by atoms with Crippen LogP contribution in [-0.4, -0.2) is 29.7 Å². The van der Waals surface area contributed by atoms with Crippen molar-refractivity contribution in [2.75, 3.05) is 13.2 Å². The zero-order valence-electron chi connectivity index (χ0n) is 21.3. The zero-order chi connectivity index (χ0) is 24.3. The summed E-state index contributed by atoms with van der Waals surface area (Å²) in [4.78, 5) is 20.2. The van der Waals surface area contributed by atoms with Crippen molar-refractivity contribution >= 4 is 0 Å². The minimum absolute atomic E-state index is 0.109. The van der Waals surface area contributed by atoms with Crippen molar-refractivity contribution in [2.45, 2.75) is 113 Å². The highest BCUT2D eigenvalue weighted by atomic mass is 17.2. The molecule has 0 amide bonds. The fraction of sp³-hybridized carbons (Fsp3) is 0.840. The molecule has 0 atom stereocenters. The molecule has 2 N–H and O–H groups in total. The maximum absolute atomic E-state index is 9.02. The van der Waals surface area contributed by atoms with Crippen LogP contribution in [0, 0.1) is 10.8 Å². The van der Waals surface area contributed by atoms with Gasteiger partial charge >= 0.3 is 0 Å². The smallest absolute Gasteiger partial charge is 0.158 e. The van der Waals surface area contributed by atoms with E-state index in [1.54, 1.807) is 13.8 Å². The van der Waals surface area contributed by atoms with E-state index in [1.165, 1.54) is 12.8 Å². The molecule has 0 saturated heterocycles. The summed E-state index contributed by atoms with van der Waals surface area (Å²) in [5.41, 5.74) is -0.562. The maximum atomic E-state index is 9.02. The van der Waals surface area contributed by atoms with Gasteiger partial charge in [-0.15, -0.1) is 0 Å². The monoisotopic (exact) mass is 446 g/mol. The van der Waals surface area contributed by atoms with E-state index in [1.807, 2.05) is 0 Å². The minimum atomic E-state index is -1.43. The molecule has 0 aliphatic rings. The number of allylic oxidation sites excluding steroid dienone is 2. The number of rotatable bonds is 18. The summed E-state index contributed by atoms with van der Waals surface area (Å²) < 4.78 is 0. The summed E-state index contributed by atoms with van der Waals surface area (Å²) in [5, 5.41) is 18.0. The second-order valence-corrected chi connectivity index (χ2v) is 9.56. The van der Waals surface area contributed by atoms with Crippen LogP contribution in [0.15, 0.2) is 24.7 Å². The number of hydrogen-bond acceptors (Lipinski definition) is 6. The molecule has 186 valence electrons. The number of aliphatic hydroxyl groups is 2. The van der Waals surface area contributed by atoms with Crippen molar-refractivity contribution in [1.29, 1.82) is 0 Å². The van der Waals surface area contributed by atoms with Crippen LogP contribution in [0.5, 0.6) is 0 Å². The first-order valence-corrected chi connectivity index (χ1v) is 11.7. The van der Waals surface area contributed by atoms with Gasteiger partial charge in [-0.25, -0.2) is 0 Å². The second kappa shape index (κ2) is 18.5. The number of aliphatic hydroxyl groups excluding tert-OH is 1. The van der Waals surface area contributed by atoms with Crippen molar-refractivity contribution in [1.82, 2.24) is 0 Å². The van der Waals surface area contributed by atoms with E-state index in [2.05, 4.69) is 47.8 Å². The molecule has 6 heteroatoms. The van der Waals surface area contributed by atoms with Crippen LogP contribution in [0.1, 0.15) is 106 Å². The number of hydrogen-bond donors (Lipinski definition) is 2. The van der Waals surface area contributed by atoms with Crippen LogP contribution >= 0.6 is 0 Å². The van der Waals surface area contributed by atoms with E-state index >= 15 is 0 Å². The molecule has 0 radical (unpaired) electrons. The van der Waals surface area contributed by atoms with Gasteiger partial charge in [0.1, 0.15) is 18.1 Å². The van der Waals surface area contributed by atoms with Gasteiger partial charge in [-0.3, -0.25) is 0 Å². The molecule has 31 heavy (non-hydrogen) atoms. The third kappa shape index (κ3) is 20.6. The lowest BCUT2D eigenvalue weighted by molar-refractivity contribution is -0.295. The van der Waals surface area contributed by atoms with Gasteiger partial charge in [0.15, 0.2) is 6.29 Å². The Morgan fingerprint density at radius 3 is 1.52 bits per heavy atom. The fourth-order valence-electron chi connectivity index (χ4n) is 1.94. The summed E-state index contributed by atoms with van der Waals surface area (Å²) in [6.07, 6.45) is 8.24. The van der Waals surface area contributed by atoms with Gasteiger partial charge in [0, 0.05) is 18.3 Å². The molecule has 0 aromatic rings. The number of unbranched alkanes of at least 4 members (excludes halogenated alkanes) is 4. The summed E-state index contributed by atoms with van der Waals surface area (Å²) >= 11 is 0. The summed E-state index contributed by atoms with van der Waals surface area (Å²) in [6.45, 7) is 22.4. The Labute approximate surface area is 191 Å². The average Bonchev–Trinajstić information content (AvgIpc) is 2.68. The van der Waals surface area contributed by atoms with Crippen molar-refractivity contribution in [2.24, 2.45) is 10.8 Å². The molecule has 6 nitrogen and oxygen atoms in total. The van der Waals surface area contributed by atoms with E-state index in [9.17, 15) is 0 Å². The highest BCUT2D eigenvalue weighted by Crippen LogP contribution is 2.21. The predicted molar refractivity (Wildman–Crippen MR) is 127 cm³/mol. The van der Waals surface area contributed by atoms with Crippen LogP contribution in [0.25, 0.3) is 0 Å². The van der Waals surface area contributed by atoms with E-state index in [-0.39, 0.29) is 12.0 Å². The molecule has 0 heterocycles. The first kappa shape index (κ1) is 32.1. The molecule has 0 bridgehead atoms. The highest BCUT2D eigenvalue weighted by Gasteiger charge is 2.27. The summed E-state index contributed by atoms with van der Waals surface area (Å²) in [7, 11) is 0. The van der Waals surface area contributed by atoms with Crippen LogP contribution in [0.4, 0.5) is 0 Å². The van der Waals surface area contributed by atoms with Crippen LogP contribution in [0.2, 0.25) is 0 Å². The Morgan fingerprint density at radius 2 is 1.16 bits per heavy atom. The molecule has 0 spiro atoms. The SMILES string of the molecule is C=C(CCCCC)OOCC(C)(C)C(O)O.C=C(CCCCC)OOCC(C)(C)CC. The lowest BCUT2D eigenvalue weighted by Crippen LogP contribution is -2.33. The first-order valence-electron chi connectivity index (χ1n) is 11.7. The van der Waals surface area contributed by atoms with E-state index in [4.69, 9.17) is 29.8 Å². The van der Waals surface area contributed by atoms with Crippen molar-refractivity contribution in [3.8, 4) is 0 Å². The Balaban J connectivity index is 0. The molecule has 0 saturated carbocycles. The first-order chi connectivity index (χ1) is 14.4. The Bertz CT molecular complexity index is 457. The molecule has 0 unspecified atom stereocenters. The molecule has 0 aliphatic carbocycles. The van der Waals surface area contributed by atoms with Gasteiger partial charge < -0.3 is 20.0 Å². The quantitative estimate of drug-likeness (QED) is 0.0790. The van der Waals surface area contributed by atoms with Gasteiger partial charge in [0.05, 0.1) is 6.61 Å². The maximum Gasteiger partial charge on any atom is 0.158 e. The molecule has 0 aromatic heterocycles. The lowest BCUT2D eigenvalue weighted by atomic mass is 9.92. The highest BCUT2D eigenvalue weighted by molar-refractivity contribution is 4.80. The van der Waals surface area contributed by atoms with Crippen LogP contribution in [-0.2, 0) is 19.6 Å². The molecular weight excluding hydrogens is 396 g/mol. The van der Waals surface area contributed by atoms with Gasteiger partial charge in [-0.05, 0) is 24.7 Å². The second-order valence-electron chi connectivity index (χ2n) is 9.56. The normalized spacial score (nSPS) is 11.7. The van der Waals surface area contributed by atoms with Gasteiger partial charge in [0.2, 0.25) is 0 Å². The average molecular weight is 447 g/mol. The summed E-state index contributed by atoms with van der Waals surface area (Å²) in [6, 6.07) is 0. The largest absolute Gasteiger partial charge is 0.368 e. The predicted octanol–water partition coefficient (Wildman–Crippen LogP) is 6.83. The zero-order valence-corrected chi connectivity index (χ0v) is 21.3. The van der Waals surface area contributed by atoms with Crippen LogP contribution in [0.3, 0.4) is 0 Å². The van der Waals surface area contributed by atoms with Crippen molar-refractivity contribution in [3.05, 3.63) is 24.7 Å². The third-order valence-corrected chi connectivity index (χ3v) is 5.01. The lowest BCUT2D eigenvalue weighted by Gasteiger charge is -2.25. The van der Waals surface area contributed by atoms with Gasteiger partial charge in [-0.2, -0.15) is 9.78 Å². The molecule has 0 aromatic carbocycles. The Kier molecular flexibility index (Phi) is 19.1. The minimum Gasteiger partial charge on any atom is -0.368 e. The van der Waals surface area contributed by atoms with E-state index < -0.39 is 11.7 Å². The Hall–Kier alpha value is -1.08. The molecule has 0 fully saturated rings. The van der Waals surface area contributed by atoms with Gasteiger partial charge in [0.25, 0.3) is 0 Å². The Morgan fingerprint density at radius 1 is 0.742 bits per heavy atom. The summed E-state index contributed by atoms with van der Waals surface area (Å²) in [5.74, 6) is 1.33. The van der Waals surface area contributed by atoms with Crippen molar-refractivity contribution in [3.63, 3.8) is 0 Å². The van der Waals surface area contributed by atoms with Crippen molar-refractivity contribution < 1.29 is 29.8 Å². The standard InChI is InChI=1S/C13H26O2.C12H24O4/c1-6-8-9-10-12(3)15-14-11-13(4,5)7-2;1-5-6-7-8-10(2)16-15-9-12(3,4)11(13)14/h3,6-11H2,1-2,4-5H3;11,13-14H,2,5-9H2,1,3-4H3. The molecule has 0 rings (SSSR count). The van der Waals surface area contributed by atoms with Crippen LogP contribution < -0.4 is 0 Å². The fourth-order valence-corrected chi connectivity index (χ4v) is 1.94. The molecular formula is C25H50O6. The topological polar surface area (TPSA) is 77.4 Å².